The second kappa shape index (κ2) is 3.36. The second-order valence-corrected chi connectivity index (χ2v) is 5.19. The SMILES string of the molecule is O=C1C=C(Cl)S(=O)(=O)N1c1[c]cccc1. The van der Waals surface area contributed by atoms with Gasteiger partial charge in [0.1, 0.15) is 0 Å². The molecule has 0 saturated carbocycles. The Balaban J connectivity index is 2.55. The van der Waals surface area contributed by atoms with E-state index in [1.54, 1.807) is 12.1 Å². The van der Waals surface area contributed by atoms with Gasteiger partial charge in [-0.15, -0.1) is 0 Å². The lowest BCUT2D eigenvalue weighted by atomic mass is 10.3. The van der Waals surface area contributed by atoms with Gasteiger partial charge in [-0.1, -0.05) is 29.8 Å². The topological polar surface area (TPSA) is 54.5 Å². The summed E-state index contributed by atoms with van der Waals surface area (Å²) in [5.41, 5.74) is 0.161. The zero-order valence-electron chi connectivity index (χ0n) is 7.34. The lowest BCUT2D eigenvalue weighted by molar-refractivity contribution is -0.112. The fourth-order valence-electron chi connectivity index (χ4n) is 1.19. The maximum absolute atomic E-state index is 11.6. The van der Waals surface area contributed by atoms with Crippen molar-refractivity contribution in [2.75, 3.05) is 4.31 Å². The number of anilines is 1. The zero-order chi connectivity index (χ0) is 11.1. The van der Waals surface area contributed by atoms with Crippen LogP contribution in [0.15, 0.2) is 34.7 Å². The average molecular weight is 243 g/mol. The van der Waals surface area contributed by atoms with Crippen molar-refractivity contribution < 1.29 is 13.2 Å². The Morgan fingerprint density at radius 2 is 2.07 bits per heavy atom. The number of hydrogen-bond acceptors (Lipinski definition) is 3. The van der Waals surface area contributed by atoms with E-state index in [1.165, 1.54) is 12.1 Å². The number of amides is 1. The fraction of sp³-hybridized carbons (Fsp3) is 0. The Kier molecular flexibility index (Phi) is 2.28. The highest BCUT2D eigenvalue weighted by molar-refractivity contribution is 7.99. The Labute approximate surface area is 91.8 Å². The molecule has 1 radical (unpaired) electrons. The average Bonchev–Trinajstić information content (AvgIpc) is 2.37. The molecule has 15 heavy (non-hydrogen) atoms. The Bertz CT molecular complexity index is 536. The molecule has 2 rings (SSSR count). The summed E-state index contributed by atoms with van der Waals surface area (Å²) in [5, 5.41) is 0. The van der Waals surface area contributed by atoms with Crippen LogP contribution in [0.3, 0.4) is 0 Å². The van der Waals surface area contributed by atoms with Crippen molar-refractivity contribution in [3.63, 3.8) is 0 Å². The molecule has 0 unspecified atom stereocenters. The van der Waals surface area contributed by atoms with E-state index in [1.807, 2.05) is 0 Å². The highest BCUT2D eigenvalue weighted by Gasteiger charge is 2.37. The van der Waals surface area contributed by atoms with Crippen LogP contribution in [0.25, 0.3) is 0 Å². The smallest absolute Gasteiger partial charge is 0.268 e. The summed E-state index contributed by atoms with van der Waals surface area (Å²) in [7, 11) is -3.89. The molecule has 4 nitrogen and oxygen atoms in total. The normalized spacial score (nSPS) is 19.1. The molecule has 1 heterocycles. The predicted molar refractivity (Wildman–Crippen MR) is 55.6 cm³/mol. The predicted octanol–water partition coefficient (Wildman–Crippen LogP) is 1.24. The Morgan fingerprint density at radius 1 is 1.33 bits per heavy atom. The van der Waals surface area contributed by atoms with Gasteiger partial charge in [0.15, 0.2) is 4.36 Å². The first-order chi connectivity index (χ1) is 7.03. The zero-order valence-corrected chi connectivity index (χ0v) is 8.92. The molecular weight excluding hydrogens is 238 g/mol. The van der Waals surface area contributed by atoms with Crippen molar-refractivity contribution in [1.82, 2.24) is 0 Å². The number of rotatable bonds is 1. The van der Waals surface area contributed by atoms with Gasteiger partial charge in [-0.05, 0) is 6.07 Å². The number of halogens is 1. The highest BCUT2D eigenvalue weighted by Crippen LogP contribution is 2.29. The van der Waals surface area contributed by atoms with E-state index in [0.29, 0.717) is 4.31 Å². The third-order valence-corrected chi connectivity index (χ3v) is 4.00. The summed E-state index contributed by atoms with van der Waals surface area (Å²) in [6, 6.07) is 8.92. The van der Waals surface area contributed by atoms with Crippen LogP contribution in [0, 0.1) is 6.07 Å². The van der Waals surface area contributed by atoms with Crippen LogP contribution >= 0.6 is 11.6 Å². The summed E-state index contributed by atoms with van der Waals surface area (Å²) < 4.78 is 23.3. The van der Waals surface area contributed by atoms with Crippen molar-refractivity contribution in [3.05, 3.63) is 40.8 Å². The van der Waals surface area contributed by atoms with E-state index in [-0.39, 0.29) is 5.69 Å². The molecule has 0 saturated heterocycles. The van der Waals surface area contributed by atoms with Crippen molar-refractivity contribution in [2.24, 2.45) is 0 Å². The van der Waals surface area contributed by atoms with Gasteiger partial charge in [0.2, 0.25) is 0 Å². The van der Waals surface area contributed by atoms with E-state index in [9.17, 15) is 13.2 Å². The number of sulfonamides is 1. The molecule has 1 aromatic rings. The minimum Gasteiger partial charge on any atom is -0.268 e. The van der Waals surface area contributed by atoms with E-state index in [2.05, 4.69) is 6.07 Å². The number of nitrogens with zero attached hydrogens (tertiary/aromatic N) is 1. The monoisotopic (exact) mass is 242 g/mol. The van der Waals surface area contributed by atoms with Gasteiger partial charge < -0.3 is 0 Å². The third-order valence-electron chi connectivity index (χ3n) is 1.84. The molecule has 1 amide bonds. The quantitative estimate of drug-likeness (QED) is 0.745. The lowest BCUT2D eigenvalue weighted by Crippen LogP contribution is -2.30. The van der Waals surface area contributed by atoms with Crippen molar-refractivity contribution in [2.45, 2.75) is 0 Å². The van der Waals surface area contributed by atoms with Crippen molar-refractivity contribution in [3.8, 4) is 0 Å². The first kappa shape index (κ1) is 10.2. The van der Waals surface area contributed by atoms with Gasteiger partial charge in [-0.3, -0.25) is 4.79 Å². The fourth-order valence-corrected chi connectivity index (χ4v) is 2.58. The van der Waals surface area contributed by atoms with E-state index >= 15 is 0 Å². The van der Waals surface area contributed by atoms with Crippen molar-refractivity contribution >= 4 is 33.2 Å². The molecule has 1 aliphatic rings. The maximum Gasteiger partial charge on any atom is 0.282 e. The summed E-state index contributed by atoms with van der Waals surface area (Å²) in [6.45, 7) is 0. The van der Waals surface area contributed by atoms with Gasteiger partial charge in [0, 0.05) is 12.1 Å². The molecule has 77 valence electrons. The minimum atomic E-state index is -3.89. The Hall–Kier alpha value is -1.33. The van der Waals surface area contributed by atoms with Gasteiger partial charge in [0.05, 0.1) is 5.69 Å². The van der Waals surface area contributed by atoms with Crippen LogP contribution in [0.5, 0.6) is 0 Å². The van der Waals surface area contributed by atoms with Crippen LogP contribution in [0.2, 0.25) is 0 Å². The van der Waals surface area contributed by atoms with Crippen LogP contribution in [0.4, 0.5) is 5.69 Å². The summed E-state index contributed by atoms with van der Waals surface area (Å²) in [6.07, 6.45) is 0.873. The van der Waals surface area contributed by atoms with E-state index in [0.717, 1.165) is 6.08 Å². The maximum atomic E-state index is 11.6. The molecule has 1 aliphatic heterocycles. The first-order valence-corrected chi connectivity index (χ1v) is 5.78. The number of benzene rings is 1. The van der Waals surface area contributed by atoms with Gasteiger partial charge >= 0.3 is 0 Å². The van der Waals surface area contributed by atoms with Crippen LogP contribution in [-0.2, 0) is 14.8 Å². The van der Waals surface area contributed by atoms with Crippen LogP contribution in [0.1, 0.15) is 0 Å². The minimum absolute atomic E-state index is 0.161. The highest BCUT2D eigenvalue weighted by atomic mass is 35.5. The van der Waals surface area contributed by atoms with Crippen LogP contribution in [-0.4, -0.2) is 14.3 Å². The Morgan fingerprint density at radius 3 is 2.53 bits per heavy atom. The summed E-state index contributed by atoms with van der Waals surface area (Å²) in [4.78, 5) is 11.4. The molecule has 0 N–H and O–H groups in total. The second-order valence-electron chi connectivity index (χ2n) is 2.80. The molecule has 0 spiro atoms. The standard InChI is InChI=1S/C9H5ClNO3S/c10-8-6-9(12)11(15(8,13)14)7-4-2-1-3-5-7/h1-4,6H. The molecule has 6 heteroatoms. The number of carbonyl (C=O) groups excluding carboxylic acids is 1. The number of hydrogen-bond donors (Lipinski definition) is 0. The number of carbonyl (C=O) groups is 1. The molecule has 0 atom stereocenters. The molecule has 1 aromatic carbocycles. The van der Waals surface area contributed by atoms with Crippen molar-refractivity contribution in [1.29, 1.82) is 0 Å². The molecule has 0 aromatic heterocycles. The summed E-state index contributed by atoms with van der Waals surface area (Å²) >= 11 is 5.44. The van der Waals surface area contributed by atoms with E-state index < -0.39 is 20.3 Å². The van der Waals surface area contributed by atoms with E-state index in [4.69, 9.17) is 11.6 Å². The van der Waals surface area contributed by atoms with Gasteiger partial charge in [-0.2, -0.15) is 12.7 Å². The largest absolute Gasteiger partial charge is 0.282 e. The number of para-hydroxylation sites is 1. The molecule has 0 bridgehead atoms. The summed E-state index contributed by atoms with van der Waals surface area (Å²) in [5.74, 6) is -0.678. The van der Waals surface area contributed by atoms with Crippen LogP contribution < -0.4 is 4.31 Å². The first-order valence-electron chi connectivity index (χ1n) is 3.97. The molecular formula is C9H5ClNO3S. The van der Waals surface area contributed by atoms with Gasteiger partial charge in [0.25, 0.3) is 15.9 Å². The van der Waals surface area contributed by atoms with Gasteiger partial charge in [-0.25, -0.2) is 0 Å². The third kappa shape index (κ3) is 1.53. The lowest BCUT2D eigenvalue weighted by Gasteiger charge is -2.14. The molecule has 0 aliphatic carbocycles. The molecule has 0 fully saturated rings.